The highest BCUT2D eigenvalue weighted by atomic mass is 32.2. The van der Waals surface area contributed by atoms with Gasteiger partial charge in [0, 0.05) is 9.81 Å². The fourth-order valence-electron chi connectivity index (χ4n) is 6.02. The Balaban J connectivity index is 1.88. The van der Waals surface area contributed by atoms with Gasteiger partial charge in [0.15, 0.2) is 0 Å². The smallest absolute Gasteiger partial charge is 0.0796 e. The van der Waals surface area contributed by atoms with E-state index in [1.165, 1.54) is 18.4 Å². The molecule has 3 rings (SSSR count). The van der Waals surface area contributed by atoms with Gasteiger partial charge in [0.05, 0.1) is 9.71 Å². The minimum Gasteiger partial charge on any atom is -0.256 e. The van der Waals surface area contributed by atoms with Gasteiger partial charge < -0.3 is 0 Å². The number of hydrogen-bond donors (Lipinski definition) is 0. The monoisotopic (exact) mass is 373 g/mol. The summed E-state index contributed by atoms with van der Waals surface area (Å²) < 4.78 is 15.7. The quantitative estimate of drug-likeness (QED) is 0.274. The largest absolute Gasteiger partial charge is 0.256 e. The summed E-state index contributed by atoms with van der Waals surface area (Å²) >= 11 is 0. The van der Waals surface area contributed by atoms with Gasteiger partial charge in [-0.05, 0) is 87.4 Å². The second-order valence-electron chi connectivity index (χ2n) is 9.60. The lowest BCUT2D eigenvalue weighted by Crippen LogP contribution is -2.38. The van der Waals surface area contributed by atoms with Crippen molar-refractivity contribution in [3.8, 4) is 0 Å². The molecule has 0 saturated heterocycles. The molecule has 2 bridgehead atoms. The summed E-state index contributed by atoms with van der Waals surface area (Å²) in [4.78, 5) is 3.17. The van der Waals surface area contributed by atoms with E-state index < -0.39 is 9.71 Å². The van der Waals surface area contributed by atoms with Gasteiger partial charge in [-0.25, -0.2) is 0 Å². The number of benzene rings is 1. The van der Waals surface area contributed by atoms with Gasteiger partial charge in [-0.15, -0.1) is 0 Å². The van der Waals surface area contributed by atoms with Crippen molar-refractivity contribution in [1.29, 1.82) is 0 Å². The Hall–Kier alpha value is -1.45. The molecule has 2 saturated carbocycles. The molecule has 0 aliphatic heterocycles. The normalized spacial score (nSPS) is 33.1. The third kappa shape index (κ3) is 3.27. The Morgan fingerprint density at radius 2 is 1.85 bits per heavy atom. The van der Waals surface area contributed by atoms with Crippen LogP contribution < -0.4 is 0 Å². The van der Waals surface area contributed by atoms with E-state index in [0.717, 1.165) is 23.7 Å². The summed E-state index contributed by atoms with van der Waals surface area (Å²) in [5, 5.41) is 0. The van der Waals surface area contributed by atoms with Gasteiger partial charge >= 0.3 is 0 Å². The van der Waals surface area contributed by atoms with Crippen LogP contribution in [0.1, 0.15) is 58.9 Å². The standard InChI is InChI=1S/C21H31N3OS/c1-13(2)19-18-12-15(20(19)21(3,4)5)11-17(18)14-7-9-16(10-8-14)26(6,25)24-23-22/h7-10,13,15,17-20H,6,11-12H2,1-5H3. The Bertz CT molecular complexity index is 814. The van der Waals surface area contributed by atoms with Crippen LogP contribution in [0.4, 0.5) is 0 Å². The number of rotatable bonds is 4. The first kappa shape index (κ1) is 19.3. The highest BCUT2D eigenvalue weighted by Gasteiger charge is 2.56. The number of azide groups is 1. The molecular formula is C21H31N3OS. The van der Waals surface area contributed by atoms with E-state index in [0.29, 0.717) is 22.1 Å². The van der Waals surface area contributed by atoms with Crippen LogP contribution in [0.25, 0.3) is 10.4 Å². The van der Waals surface area contributed by atoms with E-state index in [4.69, 9.17) is 5.53 Å². The SMILES string of the molecule is C=S(=O)(N=[N+]=[N-])c1ccc(C2CC3CC2C(C(C)C)C3C(C)(C)C)cc1. The summed E-state index contributed by atoms with van der Waals surface area (Å²) in [6.07, 6.45) is 2.59. The van der Waals surface area contributed by atoms with Crippen LogP contribution in [-0.2, 0) is 9.71 Å². The molecule has 0 radical (unpaired) electrons. The van der Waals surface area contributed by atoms with Crippen molar-refractivity contribution in [2.24, 2.45) is 39.5 Å². The van der Waals surface area contributed by atoms with Gasteiger partial charge in [-0.2, -0.15) is 0 Å². The summed E-state index contributed by atoms with van der Waals surface area (Å²) in [5.41, 5.74) is 10.3. The summed E-state index contributed by atoms with van der Waals surface area (Å²) in [7, 11) is -2.90. The molecule has 142 valence electrons. The Morgan fingerprint density at radius 1 is 1.23 bits per heavy atom. The maximum absolute atomic E-state index is 12.3. The van der Waals surface area contributed by atoms with E-state index in [1.54, 1.807) is 0 Å². The van der Waals surface area contributed by atoms with Crippen molar-refractivity contribution < 1.29 is 4.21 Å². The van der Waals surface area contributed by atoms with Crippen molar-refractivity contribution >= 4 is 15.6 Å². The molecule has 5 heteroatoms. The Morgan fingerprint density at radius 3 is 2.35 bits per heavy atom. The van der Waals surface area contributed by atoms with Gasteiger partial charge in [0.25, 0.3) is 0 Å². The predicted octanol–water partition coefficient (Wildman–Crippen LogP) is 6.05. The Labute approximate surface area is 158 Å². The van der Waals surface area contributed by atoms with Crippen LogP contribution in [0.5, 0.6) is 0 Å². The minimum absolute atomic E-state index is 0.359. The first-order valence-corrected chi connectivity index (χ1v) is 11.3. The lowest BCUT2D eigenvalue weighted by molar-refractivity contribution is 0.0566. The minimum atomic E-state index is -2.90. The van der Waals surface area contributed by atoms with E-state index in [2.05, 4.69) is 62.1 Å². The summed E-state index contributed by atoms with van der Waals surface area (Å²) in [6.45, 7) is 12.0. The molecule has 2 fully saturated rings. The maximum atomic E-state index is 12.3. The van der Waals surface area contributed by atoms with Crippen LogP contribution in [0.3, 0.4) is 0 Å². The zero-order chi connectivity index (χ0) is 19.3. The molecule has 6 atom stereocenters. The molecule has 4 nitrogen and oxygen atoms in total. The topological polar surface area (TPSA) is 65.8 Å². The second-order valence-corrected chi connectivity index (χ2v) is 11.5. The molecule has 0 aromatic heterocycles. The molecule has 26 heavy (non-hydrogen) atoms. The molecule has 0 spiro atoms. The van der Waals surface area contributed by atoms with Crippen molar-refractivity contribution in [1.82, 2.24) is 0 Å². The number of fused-ring (bicyclic) bond motifs is 2. The first-order valence-electron chi connectivity index (χ1n) is 9.60. The van der Waals surface area contributed by atoms with Gasteiger partial charge in [0.2, 0.25) is 0 Å². The zero-order valence-corrected chi connectivity index (χ0v) is 17.4. The van der Waals surface area contributed by atoms with E-state index in [9.17, 15) is 4.21 Å². The van der Waals surface area contributed by atoms with E-state index in [1.807, 2.05) is 12.1 Å². The van der Waals surface area contributed by atoms with Gasteiger partial charge in [0.1, 0.15) is 0 Å². The average molecular weight is 374 g/mol. The first-order chi connectivity index (χ1) is 12.1. The molecule has 1 aromatic rings. The van der Waals surface area contributed by atoms with E-state index >= 15 is 0 Å². The fraction of sp³-hybridized carbons (Fsp3) is 0.667. The van der Waals surface area contributed by atoms with Crippen molar-refractivity contribution in [2.45, 2.75) is 58.3 Å². The van der Waals surface area contributed by atoms with Crippen molar-refractivity contribution in [3.63, 3.8) is 0 Å². The molecule has 6 unspecified atom stereocenters. The van der Waals surface area contributed by atoms with Crippen molar-refractivity contribution in [3.05, 3.63) is 40.3 Å². The van der Waals surface area contributed by atoms with Crippen LogP contribution in [0.15, 0.2) is 33.7 Å². The summed E-state index contributed by atoms with van der Waals surface area (Å²) in [5.74, 6) is 7.95. The van der Waals surface area contributed by atoms with Crippen LogP contribution in [-0.4, -0.2) is 10.1 Å². The molecule has 1 aromatic carbocycles. The highest BCUT2D eigenvalue weighted by Crippen LogP contribution is 2.64. The number of hydrogen-bond acceptors (Lipinski definition) is 1. The van der Waals surface area contributed by atoms with Crippen LogP contribution >= 0.6 is 0 Å². The van der Waals surface area contributed by atoms with E-state index in [-0.39, 0.29) is 0 Å². The Kier molecular flexibility index (Phi) is 4.91. The number of nitrogens with zero attached hydrogens (tertiary/aromatic N) is 3. The second kappa shape index (κ2) is 6.61. The highest BCUT2D eigenvalue weighted by molar-refractivity contribution is 7.99. The van der Waals surface area contributed by atoms with Crippen molar-refractivity contribution in [2.75, 3.05) is 0 Å². The zero-order valence-electron chi connectivity index (χ0n) is 16.6. The average Bonchev–Trinajstić information content (AvgIpc) is 3.12. The molecule has 0 amide bonds. The maximum Gasteiger partial charge on any atom is 0.0796 e. The fourth-order valence-corrected chi connectivity index (χ4v) is 6.79. The van der Waals surface area contributed by atoms with Crippen LogP contribution in [0.2, 0.25) is 0 Å². The van der Waals surface area contributed by atoms with Crippen LogP contribution in [0, 0.1) is 35.0 Å². The van der Waals surface area contributed by atoms with Gasteiger partial charge in [-0.1, -0.05) is 46.8 Å². The lowest BCUT2D eigenvalue weighted by Gasteiger charge is -2.45. The molecule has 0 N–H and O–H groups in total. The third-order valence-corrected chi connectivity index (χ3v) is 8.03. The summed E-state index contributed by atoms with van der Waals surface area (Å²) in [6, 6.07) is 7.80. The van der Waals surface area contributed by atoms with Gasteiger partial charge in [-0.3, -0.25) is 4.21 Å². The molecule has 2 aliphatic carbocycles. The third-order valence-electron chi connectivity index (χ3n) is 6.68. The molecular weight excluding hydrogens is 342 g/mol. The lowest BCUT2D eigenvalue weighted by atomic mass is 9.60. The molecule has 0 heterocycles. The molecule has 2 aliphatic rings. The predicted molar refractivity (Wildman–Crippen MR) is 109 cm³/mol.